The van der Waals surface area contributed by atoms with Crippen LogP contribution in [-0.2, 0) is 0 Å². The maximum absolute atomic E-state index is 12.7. The second kappa shape index (κ2) is 6.50. The molecule has 1 aromatic heterocycles. The summed E-state index contributed by atoms with van der Waals surface area (Å²) in [7, 11) is 1.82. The number of fused-ring (bicyclic) bond motifs is 1. The van der Waals surface area contributed by atoms with Crippen LogP contribution in [0.4, 0.5) is 0 Å². The normalized spacial score (nSPS) is 10.7. The molecule has 0 atom stereocenters. The molecule has 3 nitrogen and oxygen atoms in total. The summed E-state index contributed by atoms with van der Waals surface area (Å²) < 4.78 is 1.02. The first-order chi connectivity index (χ1) is 11.1. The number of rotatable bonds is 3. The van der Waals surface area contributed by atoms with E-state index in [-0.39, 0.29) is 5.91 Å². The van der Waals surface area contributed by atoms with Crippen molar-refractivity contribution in [1.29, 1.82) is 0 Å². The predicted molar refractivity (Wildman–Crippen MR) is 97.5 cm³/mol. The molecule has 1 heterocycles. The molecule has 0 spiro atoms. The Kier molecular flexibility index (Phi) is 4.44. The minimum Gasteiger partial charge on any atom is -0.342 e. The summed E-state index contributed by atoms with van der Waals surface area (Å²) >= 11 is 3.44. The maximum atomic E-state index is 12.7. The van der Waals surface area contributed by atoms with Crippen LogP contribution in [0, 0.1) is 0 Å². The summed E-state index contributed by atoms with van der Waals surface area (Å²) in [5.41, 5.74) is 3.33. The van der Waals surface area contributed by atoms with Crippen LogP contribution in [0.3, 0.4) is 0 Å². The number of pyridine rings is 1. The standard InChI is InChI=1S/C19H17BrN2O/c1-3-22(2)19(23)16-12-18(13-8-10-14(20)11-9-13)21-17-7-5-4-6-15(16)17/h4-12H,3H2,1-2H3. The summed E-state index contributed by atoms with van der Waals surface area (Å²) in [6.45, 7) is 2.64. The van der Waals surface area contributed by atoms with E-state index in [1.165, 1.54) is 0 Å². The van der Waals surface area contributed by atoms with Gasteiger partial charge in [-0.25, -0.2) is 4.98 Å². The summed E-state index contributed by atoms with van der Waals surface area (Å²) in [4.78, 5) is 19.2. The summed E-state index contributed by atoms with van der Waals surface area (Å²) in [5, 5.41) is 0.888. The molecule has 3 aromatic rings. The first kappa shape index (κ1) is 15.7. The summed E-state index contributed by atoms with van der Waals surface area (Å²) in [5.74, 6) is 0.0180. The first-order valence-corrected chi connectivity index (χ1v) is 8.30. The highest BCUT2D eigenvalue weighted by atomic mass is 79.9. The van der Waals surface area contributed by atoms with Gasteiger partial charge in [-0.2, -0.15) is 0 Å². The van der Waals surface area contributed by atoms with E-state index in [0.717, 1.165) is 26.6 Å². The highest BCUT2D eigenvalue weighted by molar-refractivity contribution is 9.10. The Morgan fingerprint density at radius 1 is 1.13 bits per heavy atom. The zero-order valence-corrected chi connectivity index (χ0v) is 14.7. The molecule has 0 fully saturated rings. The molecule has 0 radical (unpaired) electrons. The van der Waals surface area contributed by atoms with E-state index in [4.69, 9.17) is 4.98 Å². The fraction of sp³-hybridized carbons (Fsp3) is 0.158. The van der Waals surface area contributed by atoms with E-state index in [1.807, 2.05) is 68.6 Å². The molecular formula is C19H17BrN2O. The zero-order chi connectivity index (χ0) is 16.4. The predicted octanol–water partition coefficient (Wildman–Crippen LogP) is 4.76. The number of nitrogens with zero attached hydrogens (tertiary/aromatic N) is 2. The molecule has 0 aliphatic rings. The van der Waals surface area contributed by atoms with Gasteiger partial charge in [-0.3, -0.25) is 4.79 Å². The van der Waals surface area contributed by atoms with Gasteiger partial charge in [0, 0.05) is 29.0 Å². The van der Waals surface area contributed by atoms with Crippen LogP contribution in [0.25, 0.3) is 22.2 Å². The second-order valence-corrected chi connectivity index (χ2v) is 6.31. The van der Waals surface area contributed by atoms with Crippen LogP contribution < -0.4 is 0 Å². The molecule has 3 rings (SSSR count). The lowest BCUT2D eigenvalue weighted by Crippen LogP contribution is -2.26. The number of hydrogen-bond donors (Lipinski definition) is 0. The highest BCUT2D eigenvalue weighted by Crippen LogP contribution is 2.26. The SMILES string of the molecule is CCN(C)C(=O)c1cc(-c2ccc(Br)cc2)nc2ccccc12. The zero-order valence-electron chi connectivity index (χ0n) is 13.1. The molecule has 116 valence electrons. The van der Waals surface area contributed by atoms with Gasteiger partial charge >= 0.3 is 0 Å². The van der Waals surface area contributed by atoms with Crippen molar-refractivity contribution in [2.24, 2.45) is 0 Å². The van der Waals surface area contributed by atoms with Crippen LogP contribution in [0.1, 0.15) is 17.3 Å². The Labute approximate surface area is 144 Å². The van der Waals surface area contributed by atoms with Gasteiger partial charge in [-0.15, -0.1) is 0 Å². The Morgan fingerprint density at radius 2 is 1.83 bits per heavy atom. The van der Waals surface area contributed by atoms with Crippen LogP contribution in [0.5, 0.6) is 0 Å². The van der Waals surface area contributed by atoms with Crippen molar-refractivity contribution in [3.63, 3.8) is 0 Å². The van der Waals surface area contributed by atoms with Crippen LogP contribution >= 0.6 is 15.9 Å². The van der Waals surface area contributed by atoms with Crippen molar-refractivity contribution in [1.82, 2.24) is 9.88 Å². The molecule has 4 heteroatoms. The van der Waals surface area contributed by atoms with Gasteiger partial charge in [0.1, 0.15) is 0 Å². The number of hydrogen-bond acceptors (Lipinski definition) is 2. The van der Waals surface area contributed by atoms with Crippen molar-refractivity contribution in [2.75, 3.05) is 13.6 Å². The monoisotopic (exact) mass is 368 g/mol. The van der Waals surface area contributed by atoms with Gasteiger partial charge in [-0.1, -0.05) is 46.3 Å². The van der Waals surface area contributed by atoms with Gasteiger partial charge in [0.15, 0.2) is 0 Å². The number of halogens is 1. The summed E-state index contributed by atoms with van der Waals surface area (Å²) in [6, 6.07) is 17.6. The lowest BCUT2D eigenvalue weighted by atomic mass is 10.0. The molecule has 2 aromatic carbocycles. The first-order valence-electron chi connectivity index (χ1n) is 7.51. The maximum Gasteiger partial charge on any atom is 0.254 e. The van der Waals surface area contributed by atoms with Gasteiger partial charge in [-0.05, 0) is 31.2 Å². The van der Waals surface area contributed by atoms with Gasteiger partial charge in [0.2, 0.25) is 0 Å². The van der Waals surface area contributed by atoms with Crippen molar-refractivity contribution in [3.8, 4) is 11.3 Å². The molecule has 0 saturated heterocycles. The number of aromatic nitrogens is 1. The van der Waals surface area contributed by atoms with E-state index in [0.29, 0.717) is 12.1 Å². The topological polar surface area (TPSA) is 33.2 Å². The number of para-hydroxylation sites is 1. The molecule has 1 amide bonds. The van der Waals surface area contributed by atoms with Crippen molar-refractivity contribution in [3.05, 3.63) is 64.6 Å². The minimum atomic E-state index is 0.0180. The van der Waals surface area contributed by atoms with Crippen LogP contribution in [-0.4, -0.2) is 29.4 Å². The van der Waals surface area contributed by atoms with E-state index < -0.39 is 0 Å². The smallest absolute Gasteiger partial charge is 0.254 e. The average molecular weight is 369 g/mol. The molecular weight excluding hydrogens is 352 g/mol. The van der Waals surface area contributed by atoms with E-state index >= 15 is 0 Å². The molecule has 0 aliphatic heterocycles. The third-order valence-corrected chi connectivity index (χ3v) is 4.44. The average Bonchev–Trinajstić information content (AvgIpc) is 2.60. The van der Waals surface area contributed by atoms with Crippen LogP contribution in [0.2, 0.25) is 0 Å². The Balaban J connectivity index is 2.21. The van der Waals surface area contributed by atoms with Crippen LogP contribution in [0.15, 0.2) is 59.1 Å². The fourth-order valence-electron chi connectivity index (χ4n) is 2.47. The van der Waals surface area contributed by atoms with Gasteiger partial charge in [0.25, 0.3) is 5.91 Å². The third-order valence-electron chi connectivity index (χ3n) is 3.91. The molecule has 0 unspecified atom stereocenters. The summed E-state index contributed by atoms with van der Waals surface area (Å²) in [6.07, 6.45) is 0. The Hall–Kier alpha value is -2.20. The quantitative estimate of drug-likeness (QED) is 0.667. The van der Waals surface area contributed by atoms with Gasteiger partial charge < -0.3 is 4.90 Å². The number of carbonyl (C=O) groups is 1. The van der Waals surface area contributed by atoms with Crippen molar-refractivity contribution in [2.45, 2.75) is 6.92 Å². The molecule has 0 N–H and O–H groups in total. The van der Waals surface area contributed by atoms with E-state index in [9.17, 15) is 4.79 Å². The van der Waals surface area contributed by atoms with E-state index in [1.54, 1.807) is 4.90 Å². The highest BCUT2D eigenvalue weighted by Gasteiger charge is 2.16. The molecule has 0 bridgehead atoms. The Morgan fingerprint density at radius 3 is 2.52 bits per heavy atom. The molecule has 0 saturated carbocycles. The second-order valence-electron chi connectivity index (χ2n) is 5.40. The number of benzene rings is 2. The van der Waals surface area contributed by atoms with Gasteiger partial charge in [0.05, 0.1) is 16.8 Å². The number of amides is 1. The van der Waals surface area contributed by atoms with Crippen molar-refractivity contribution < 1.29 is 4.79 Å². The molecule has 0 aliphatic carbocycles. The fourth-order valence-corrected chi connectivity index (χ4v) is 2.73. The van der Waals surface area contributed by atoms with Crippen molar-refractivity contribution >= 4 is 32.7 Å². The minimum absolute atomic E-state index is 0.0180. The third kappa shape index (κ3) is 3.13. The largest absolute Gasteiger partial charge is 0.342 e. The lowest BCUT2D eigenvalue weighted by Gasteiger charge is -2.16. The number of carbonyl (C=O) groups excluding carboxylic acids is 1. The molecule has 23 heavy (non-hydrogen) atoms. The Bertz CT molecular complexity index is 859. The lowest BCUT2D eigenvalue weighted by molar-refractivity contribution is 0.0804. The van der Waals surface area contributed by atoms with E-state index in [2.05, 4.69) is 15.9 Å².